The molecule has 0 saturated carbocycles. The van der Waals surface area contributed by atoms with Gasteiger partial charge in [-0.3, -0.25) is 24.7 Å². The van der Waals surface area contributed by atoms with Gasteiger partial charge in [-0.2, -0.15) is 0 Å². The number of pyridine rings is 1. The van der Waals surface area contributed by atoms with Gasteiger partial charge in [0.25, 0.3) is 5.69 Å². The van der Waals surface area contributed by atoms with E-state index < -0.39 is 0 Å². The third kappa shape index (κ3) is 3.31. The van der Waals surface area contributed by atoms with Crippen molar-refractivity contribution in [3.05, 3.63) is 81.2 Å². The number of nitro benzene ring substituents is 1. The van der Waals surface area contributed by atoms with E-state index in [1.807, 2.05) is 50.7 Å². The SMILES string of the molecule is Cc1nc2n(c1CN(C)C)-c1cc([N+](=O)[O-])ccc1C(c1ccccn1)=NC2C. The van der Waals surface area contributed by atoms with Crippen LogP contribution in [0.4, 0.5) is 5.69 Å². The number of nitrogens with zero attached hydrogens (tertiary/aromatic N) is 6. The standard InChI is InChI=1S/C21H22N6O2/c1-13-19(12-25(3)4)26-18-11-15(27(28)29)8-9-16(18)20(17-7-5-6-10-22-17)23-14(2)21(26)24-13/h5-11,14H,12H2,1-4H3. The zero-order valence-corrected chi connectivity index (χ0v) is 16.8. The van der Waals surface area contributed by atoms with Crippen LogP contribution in [0.2, 0.25) is 0 Å². The zero-order valence-electron chi connectivity index (χ0n) is 16.8. The van der Waals surface area contributed by atoms with Gasteiger partial charge >= 0.3 is 0 Å². The zero-order chi connectivity index (χ0) is 20.7. The summed E-state index contributed by atoms with van der Waals surface area (Å²) in [4.78, 5) is 27.4. The molecule has 3 aromatic rings. The summed E-state index contributed by atoms with van der Waals surface area (Å²) in [5.74, 6) is 0.770. The predicted octanol–water partition coefficient (Wildman–Crippen LogP) is 3.46. The van der Waals surface area contributed by atoms with Crippen LogP contribution in [0.1, 0.15) is 41.4 Å². The van der Waals surface area contributed by atoms with Crippen molar-refractivity contribution in [2.45, 2.75) is 26.4 Å². The van der Waals surface area contributed by atoms with Crippen LogP contribution in [0.15, 0.2) is 47.6 Å². The smallest absolute Gasteiger partial charge is 0.271 e. The largest absolute Gasteiger partial charge is 0.304 e. The summed E-state index contributed by atoms with van der Waals surface area (Å²) in [6, 6.07) is 10.3. The van der Waals surface area contributed by atoms with E-state index in [0.717, 1.165) is 28.5 Å². The molecular formula is C21H22N6O2. The second kappa shape index (κ2) is 7.21. The third-order valence-electron chi connectivity index (χ3n) is 4.96. The number of fused-ring (bicyclic) bond motifs is 3. The first-order valence-corrected chi connectivity index (χ1v) is 9.38. The fourth-order valence-corrected chi connectivity index (χ4v) is 3.67. The molecule has 8 heteroatoms. The molecule has 0 spiro atoms. The van der Waals surface area contributed by atoms with Crippen LogP contribution in [0.3, 0.4) is 0 Å². The number of nitro groups is 1. The molecule has 2 aromatic heterocycles. The summed E-state index contributed by atoms with van der Waals surface area (Å²) in [6.45, 7) is 4.61. The molecule has 1 aliphatic rings. The van der Waals surface area contributed by atoms with Crippen LogP contribution < -0.4 is 0 Å². The van der Waals surface area contributed by atoms with E-state index >= 15 is 0 Å². The lowest BCUT2D eigenvalue weighted by molar-refractivity contribution is -0.384. The van der Waals surface area contributed by atoms with E-state index in [4.69, 9.17) is 9.98 Å². The Morgan fingerprint density at radius 2 is 2.03 bits per heavy atom. The van der Waals surface area contributed by atoms with Gasteiger partial charge in [0.1, 0.15) is 11.9 Å². The van der Waals surface area contributed by atoms with Gasteiger partial charge in [0.2, 0.25) is 0 Å². The summed E-state index contributed by atoms with van der Waals surface area (Å²) in [6.07, 6.45) is 1.72. The summed E-state index contributed by atoms with van der Waals surface area (Å²) in [7, 11) is 3.98. The quantitative estimate of drug-likeness (QED) is 0.503. The van der Waals surface area contributed by atoms with Crippen molar-refractivity contribution in [1.82, 2.24) is 19.4 Å². The third-order valence-corrected chi connectivity index (χ3v) is 4.96. The summed E-state index contributed by atoms with van der Waals surface area (Å²) in [5.41, 5.74) is 4.88. The second-order valence-electron chi connectivity index (χ2n) is 7.40. The molecule has 1 aromatic carbocycles. The highest BCUT2D eigenvalue weighted by atomic mass is 16.6. The highest BCUT2D eigenvalue weighted by molar-refractivity contribution is 6.14. The molecule has 0 bridgehead atoms. The first-order chi connectivity index (χ1) is 13.9. The molecule has 0 N–H and O–H groups in total. The van der Waals surface area contributed by atoms with Crippen molar-refractivity contribution >= 4 is 11.4 Å². The van der Waals surface area contributed by atoms with Crippen LogP contribution in [-0.4, -0.2) is 44.2 Å². The number of aryl methyl sites for hydroxylation is 1. The molecule has 4 rings (SSSR count). The van der Waals surface area contributed by atoms with Gasteiger partial charge in [0.05, 0.1) is 33.4 Å². The Bertz CT molecular complexity index is 1120. The van der Waals surface area contributed by atoms with Crippen LogP contribution in [0.25, 0.3) is 5.69 Å². The Hall–Kier alpha value is -3.39. The molecule has 29 heavy (non-hydrogen) atoms. The molecule has 8 nitrogen and oxygen atoms in total. The maximum atomic E-state index is 11.5. The molecule has 1 unspecified atom stereocenters. The van der Waals surface area contributed by atoms with Gasteiger partial charge in [-0.1, -0.05) is 6.07 Å². The van der Waals surface area contributed by atoms with E-state index in [-0.39, 0.29) is 16.7 Å². The number of non-ortho nitro benzene ring substituents is 1. The average Bonchev–Trinajstić information content (AvgIpc) is 2.95. The Kier molecular flexibility index (Phi) is 4.71. The van der Waals surface area contributed by atoms with E-state index in [9.17, 15) is 10.1 Å². The number of benzene rings is 1. The topological polar surface area (TPSA) is 89.5 Å². The molecule has 0 radical (unpaired) electrons. The molecule has 148 valence electrons. The predicted molar refractivity (Wildman–Crippen MR) is 111 cm³/mol. The van der Waals surface area contributed by atoms with Gasteiger partial charge in [0, 0.05) is 30.4 Å². The number of hydrogen-bond donors (Lipinski definition) is 0. The Morgan fingerprint density at radius 1 is 1.24 bits per heavy atom. The lowest BCUT2D eigenvalue weighted by Crippen LogP contribution is -2.17. The van der Waals surface area contributed by atoms with Gasteiger partial charge in [0.15, 0.2) is 0 Å². The van der Waals surface area contributed by atoms with Crippen molar-refractivity contribution in [3.8, 4) is 5.69 Å². The maximum absolute atomic E-state index is 11.5. The Balaban J connectivity index is 2.04. The van der Waals surface area contributed by atoms with E-state index in [1.54, 1.807) is 18.3 Å². The van der Waals surface area contributed by atoms with Crippen molar-refractivity contribution in [1.29, 1.82) is 0 Å². The number of rotatable bonds is 4. The molecule has 1 atom stereocenters. The monoisotopic (exact) mass is 390 g/mol. The van der Waals surface area contributed by atoms with Crippen molar-refractivity contribution in [2.24, 2.45) is 4.99 Å². The number of imidazole rings is 1. The van der Waals surface area contributed by atoms with Gasteiger partial charge in [-0.25, -0.2) is 4.98 Å². The van der Waals surface area contributed by atoms with E-state index in [0.29, 0.717) is 17.9 Å². The summed E-state index contributed by atoms with van der Waals surface area (Å²) >= 11 is 0. The van der Waals surface area contributed by atoms with E-state index in [2.05, 4.69) is 9.88 Å². The minimum atomic E-state index is -0.374. The lowest BCUT2D eigenvalue weighted by Gasteiger charge is -2.17. The first kappa shape index (κ1) is 18.9. The maximum Gasteiger partial charge on any atom is 0.271 e. The first-order valence-electron chi connectivity index (χ1n) is 9.38. The van der Waals surface area contributed by atoms with Crippen molar-refractivity contribution in [2.75, 3.05) is 14.1 Å². The normalized spacial score (nSPS) is 15.5. The lowest BCUT2D eigenvalue weighted by atomic mass is 10.0. The minimum Gasteiger partial charge on any atom is -0.304 e. The highest BCUT2D eigenvalue weighted by Gasteiger charge is 2.29. The van der Waals surface area contributed by atoms with Crippen molar-refractivity contribution < 1.29 is 4.92 Å². The van der Waals surface area contributed by atoms with Crippen LogP contribution in [-0.2, 0) is 6.54 Å². The Labute approximate surface area is 168 Å². The van der Waals surface area contributed by atoms with Crippen LogP contribution in [0, 0.1) is 17.0 Å². The molecule has 0 amide bonds. The number of aromatic nitrogens is 3. The molecule has 0 fully saturated rings. The summed E-state index contributed by atoms with van der Waals surface area (Å²) in [5, 5.41) is 11.5. The fraction of sp³-hybridized carbons (Fsp3) is 0.286. The van der Waals surface area contributed by atoms with Crippen LogP contribution >= 0.6 is 0 Å². The van der Waals surface area contributed by atoms with Gasteiger partial charge in [-0.15, -0.1) is 0 Å². The second-order valence-corrected chi connectivity index (χ2v) is 7.40. The van der Waals surface area contributed by atoms with Crippen LogP contribution in [0.5, 0.6) is 0 Å². The molecule has 3 heterocycles. The van der Waals surface area contributed by atoms with E-state index in [1.165, 1.54) is 6.07 Å². The van der Waals surface area contributed by atoms with Gasteiger partial charge in [-0.05, 0) is 46.1 Å². The number of aliphatic imine (C=N–C) groups is 1. The molecule has 0 saturated heterocycles. The molecule has 1 aliphatic heterocycles. The average molecular weight is 390 g/mol. The summed E-state index contributed by atoms with van der Waals surface area (Å²) < 4.78 is 2.03. The number of hydrogen-bond acceptors (Lipinski definition) is 6. The minimum absolute atomic E-state index is 0.0341. The molecular weight excluding hydrogens is 368 g/mol. The fourth-order valence-electron chi connectivity index (χ4n) is 3.67. The van der Waals surface area contributed by atoms with Crippen molar-refractivity contribution in [3.63, 3.8) is 0 Å². The molecule has 0 aliphatic carbocycles. The Morgan fingerprint density at radius 3 is 2.69 bits per heavy atom. The van der Waals surface area contributed by atoms with Gasteiger partial charge < -0.3 is 4.90 Å². The highest BCUT2D eigenvalue weighted by Crippen LogP contribution is 2.34.